The van der Waals surface area contributed by atoms with E-state index in [2.05, 4.69) is 24.8 Å². The summed E-state index contributed by atoms with van der Waals surface area (Å²) in [6.07, 6.45) is 6.39. The number of oxazole rings is 1. The smallest absolute Gasteiger partial charge is 0.441 e. The second-order valence-electron chi connectivity index (χ2n) is 8.45. The van der Waals surface area contributed by atoms with Gasteiger partial charge in [0.15, 0.2) is 17.8 Å². The number of unbranched alkanes of at least 4 members (excludes halogenated alkanes) is 1. The van der Waals surface area contributed by atoms with Crippen molar-refractivity contribution < 1.29 is 32.2 Å². The quantitative estimate of drug-likeness (QED) is 0.268. The molecule has 0 aliphatic carbocycles. The minimum atomic E-state index is -3.68. The number of aromatic nitrogens is 4. The minimum Gasteiger partial charge on any atom is -0.441 e. The van der Waals surface area contributed by atoms with E-state index in [0.29, 0.717) is 11.3 Å². The third-order valence-electron chi connectivity index (χ3n) is 5.71. The van der Waals surface area contributed by atoms with Gasteiger partial charge in [0.25, 0.3) is 5.88 Å². The standard InChI is InChI=1S/C26H23F2N5O5/c1-32(20-9-5-18(6-10-20)4-2-3-14-33-15-13-29-31-33)25(34)36-24-17-35-23(30-24)12-8-19-7-11-21-22(16-19)38-26(27,28)37-21/h5-13,15-17H,2-4,14H2,1H3/b12-8+. The Labute approximate surface area is 216 Å². The number of hydrogen-bond donors (Lipinski definition) is 0. The van der Waals surface area contributed by atoms with Crippen LogP contribution in [0, 0.1) is 0 Å². The third-order valence-corrected chi connectivity index (χ3v) is 5.71. The average Bonchev–Trinajstić information content (AvgIpc) is 3.64. The highest BCUT2D eigenvalue weighted by Gasteiger charge is 2.43. The number of ether oxygens (including phenoxy) is 3. The lowest BCUT2D eigenvalue weighted by molar-refractivity contribution is -0.286. The predicted octanol–water partition coefficient (Wildman–Crippen LogP) is 5.42. The molecule has 0 N–H and O–H groups in total. The molecule has 3 heterocycles. The van der Waals surface area contributed by atoms with E-state index in [1.165, 1.54) is 34.9 Å². The Morgan fingerprint density at radius 2 is 1.92 bits per heavy atom. The van der Waals surface area contributed by atoms with E-state index >= 15 is 0 Å². The van der Waals surface area contributed by atoms with Crippen LogP contribution in [0.2, 0.25) is 0 Å². The molecule has 1 aliphatic rings. The first-order valence-corrected chi connectivity index (χ1v) is 11.8. The topological polar surface area (TPSA) is 105 Å². The lowest BCUT2D eigenvalue weighted by atomic mass is 10.1. The molecule has 2 aromatic carbocycles. The highest BCUT2D eigenvalue weighted by molar-refractivity contribution is 5.88. The van der Waals surface area contributed by atoms with Gasteiger partial charge >= 0.3 is 12.4 Å². The zero-order valence-corrected chi connectivity index (χ0v) is 20.3. The summed E-state index contributed by atoms with van der Waals surface area (Å²) in [6, 6.07) is 12.0. The van der Waals surface area contributed by atoms with Crippen molar-refractivity contribution in [2.75, 3.05) is 11.9 Å². The number of rotatable bonds is 9. The molecule has 0 saturated carbocycles. The van der Waals surface area contributed by atoms with Gasteiger partial charge in [0.05, 0.1) is 6.20 Å². The minimum absolute atomic E-state index is 0.0177. The highest BCUT2D eigenvalue weighted by atomic mass is 19.3. The van der Waals surface area contributed by atoms with Crippen LogP contribution in [0.4, 0.5) is 19.3 Å². The first-order valence-electron chi connectivity index (χ1n) is 11.8. The monoisotopic (exact) mass is 523 g/mol. The maximum Gasteiger partial charge on any atom is 0.586 e. The van der Waals surface area contributed by atoms with Gasteiger partial charge in [-0.2, -0.15) is 4.98 Å². The molecular weight excluding hydrogens is 500 g/mol. The molecule has 0 atom stereocenters. The summed E-state index contributed by atoms with van der Waals surface area (Å²) in [5.41, 5.74) is 2.39. The molecule has 5 rings (SSSR count). The lowest BCUT2D eigenvalue weighted by Gasteiger charge is -2.16. The number of carbonyl (C=O) groups excluding carboxylic acids is 1. The number of hydrogen-bond acceptors (Lipinski definition) is 8. The van der Waals surface area contributed by atoms with Crippen molar-refractivity contribution in [2.45, 2.75) is 32.1 Å². The van der Waals surface area contributed by atoms with Crippen molar-refractivity contribution in [3.05, 3.63) is 78.1 Å². The summed E-state index contributed by atoms with van der Waals surface area (Å²) < 4.78 is 47.6. The van der Waals surface area contributed by atoms with Crippen molar-refractivity contribution in [2.24, 2.45) is 0 Å². The lowest BCUT2D eigenvalue weighted by Crippen LogP contribution is -2.29. The molecular formula is C26H23F2N5O5. The number of anilines is 1. The van der Waals surface area contributed by atoms with Gasteiger partial charge in [0, 0.05) is 31.6 Å². The second-order valence-corrected chi connectivity index (χ2v) is 8.45. The first-order chi connectivity index (χ1) is 18.3. The van der Waals surface area contributed by atoms with Crippen LogP contribution in [0.25, 0.3) is 12.2 Å². The molecule has 4 aromatic rings. The molecule has 0 unspecified atom stereocenters. The number of alkyl halides is 2. The third kappa shape index (κ3) is 6.14. The summed E-state index contributed by atoms with van der Waals surface area (Å²) in [5.74, 6) is 0.0245. The molecule has 12 heteroatoms. The molecule has 0 spiro atoms. The zero-order chi connectivity index (χ0) is 26.5. The normalized spacial score (nSPS) is 13.7. The van der Waals surface area contributed by atoms with Crippen LogP contribution in [0.3, 0.4) is 0 Å². The summed E-state index contributed by atoms with van der Waals surface area (Å²) in [4.78, 5) is 18.0. The molecule has 196 valence electrons. The Bertz CT molecular complexity index is 1420. The molecule has 0 bridgehead atoms. The first kappa shape index (κ1) is 24.9. The van der Waals surface area contributed by atoms with E-state index in [-0.39, 0.29) is 23.3 Å². The Kier molecular flexibility index (Phi) is 7.03. The Hall–Kier alpha value is -4.74. The van der Waals surface area contributed by atoms with Crippen molar-refractivity contribution >= 4 is 23.9 Å². The largest absolute Gasteiger partial charge is 0.586 e. The number of halogens is 2. The molecule has 1 amide bonds. The van der Waals surface area contributed by atoms with Gasteiger partial charge in [0.2, 0.25) is 5.89 Å². The van der Waals surface area contributed by atoms with Crippen molar-refractivity contribution in [1.29, 1.82) is 0 Å². The maximum atomic E-state index is 13.2. The molecule has 2 aromatic heterocycles. The average molecular weight is 523 g/mol. The molecule has 0 fully saturated rings. The van der Waals surface area contributed by atoms with Gasteiger partial charge in [-0.05, 0) is 60.7 Å². The van der Waals surface area contributed by atoms with E-state index in [9.17, 15) is 13.6 Å². The number of nitrogens with zero attached hydrogens (tertiary/aromatic N) is 5. The second kappa shape index (κ2) is 10.7. The van der Waals surface area contributed by atoms with Crippen LogP contribution in [0.1, 0.15) is 29.9 Å². The van der Waals surface area contributed by atoms with Crippen LogP contribution in [-0.4, -0.2) is 39.4 Å². The van der Waals surface area contributed by atoms with Crippen molar-refractivity contribution in [3.8, 4) is 17.4 Å². The zero-order valence-electron chi connectivity index (χ0n) is 20.3. The molecule has 38 heavy (non-hydrogen) atoms. The number of amides is 1. The van der Waals surface area contributed by atoms with E-state index in [1.807, 2.05) is 35.1 Å². The number of benzene rings is 2. The van der Waals surface area contributed by atoms with E-state index in [0.717, 1.165) is 25.8 Å². The van der Waals surface area contributed by atoms with Gasteiger partial charge in [0.1, 0.15) is 0 Å². The van der Waals surface area contributed by atoms with Crippen molar-refractivity contribution in [3.63, 3.8) is 0 Å². The number of fused-ring (bicyclic) bond motifs is 1. The van der Waals surface area contributed by atoms with Crippen molar-refractivity contribution in [1.82, 2.24) is 20.0 Å². The van der Waals surface area contributed by atoms with E-state index < -0.39 is 12.4 Å². The number of carbonyl (C=O) groups is 1. The summed E-state index contributed by atoms with van der Waals surface area (Å²) in [7, 11) is 1.60. The van der Waals surface area contributed by atoms with Gasteiger partial charge < -0.3 is 18.6 Å². The fourth-order valence-electron chi connectivity index (χ4n) is 3.74. The van der Waals surface area contributed by atoms with Crippen LogP contribution in [-0.2, 0) is 13.0 Å². The summed E-state index contributed by atoms with van der Waals surface area (Å²) >= 11 is 0. The Morgan fingerprint density at radius 1 is 1.11 bits per heavy atom. The Balaban J connectivity index is 1.11. The predicted molar refractivity (Wildman–Crippen MR) is 132 cm³/mol. The molecule has 1 aliphatic heterocycles. The van der Waals surface area contributed by atoms with Gasteiger partial charge in [-0.3, -0.25) is 9.58 Å². The molecule has 10 nitrogen and oxygen atoms in total. The van der Waals surface area contributed by atoms with E-state index in [1.54, 1.807) is 25.4 Å². The van der Waals surface area contributed by atoms with Gasteiger partial charge in [-0.25, -0.2) is 4.79 Å². The molecule has 0 radical (unpaired) electrons. The van der Waals surface area contributed by atoms with Crippen LogP contribution in [0.5, 0.6) is 17.4 Å². The van der Waals surface area contributed by atoms with Crippen LogP contribution >= 0.6 is 0 Å². The fourth-order valence-corrected chi connectivity index (χ4v) is 3.74. The number of aryl methyl sites for hydroxylation is 2. The summed E-state index contributed by atoms with van der Waals surface area (Å²) in [6.45, 7) is 0.826. The Morgan fingerprint density at radius 3 is 2.71 bits per heavy atom. The van der Waals surface area contributed by atoms with Crippen LogP contribution < -0.4 is 19.1 Å². The SMILES string of the molecule is CN(C(=O)Oc1coc(/C=C/c2ccc3c(c2)OC(F)(F)O3)n1)c1ccc(CCCCn2ccnn2)cc1. The van der Waals surface area contributed by atoms with Gasteiger partial charge in [-0.15, -0.1) is 13.9 Å². The summed E-state index contributed by atoms with van der Waals surface area (Å²) in [5, 5.41) is 7.74. The fraction of sp³-hybridized carbons (Fsp3) is 0.231. The highest BCUT2D eigenvalue weighted by Crippen LogP contribution is 2.41. The maximum absolute atomic E-state index is 13.2. The van der Waals surface area contributed by atoms with Gasteiger partial charge in [-0.1, -0.05) is 23.4 Å². The molecule has 0 saturated heterocycles. The van der Waals surface area contributed by atoms with E-state index in [4.69, 9.17) is 9.15 Å². The van der Waals surface area contributed by atoms with Crippen LogP contribution in [0.15, 0.2) is 65.5 Å².